The Morgan fingerprint density at radius 3 is 1.50 bits per heavy atom. The monoisotopic (exact) mass is 482 g/mol. The van der Waals surface area contributed by atoms with Crippen LogP contribution in [-0.2, 0) is 8.85 Å². The highest BCUT2D eigenvalue weighted by Gasteiger charge is 2.43. The lowest BCUT2D eigenvalue weighted by Crippen LogP contribution is -2.64. The molecule has 0 aliphatic carbocycles. The van der Waals surface area contributed by atoms with Gasteiger partial charge in [-0.1, -0.05) is 152 Å². The standard InChI is InChI=1S/C31H50O2Si/c1-4-6-8-9-10-11-12-13-14-15-22-28-32-34(30-24-18-16-19-25-30,31-26-20-17-21-27-31)33-29(3)23-7-5-2/h16-21,24-27,29H,4-15,22-23,28H2,1-3H3. The van der Waals surface area contributed by atoms with Gasteiger partial charge in [-0.2, -0.15) is 0 Å². The SMILES string of the molecule is CCCCCCCCCCCCCO[Si](OC(C)CCCC)(c1ccccc1)c1ccccc1. The van der Waals surface area contributed by atoms with Gasteiger partial charge in [0.2, 0.25) is 0 Å². The molecule has 34 heavy (non-hydrogen) atoms. The third-order valence-corrected chi connectivity index (χ3v) is 10.2. The summed E-state index contributed by atoms with van der Waals surface area (Å²) in [5, 5.41) is 2.43. The summed E-state index contributed by atoms with van der Waals surface area (Å²) in [5.74, 6) is 0. The van der Waals surface area contributed by atoms with Gasteiger partial charge in [0, 0.05) is 12.7 Å². The van der Waals surface area contributed by atoms with Crippen LogP contribution in [0, 0.1) is 0 Å². The molecule has 2 aromatic carbocycles. The van der Waals surface area contributed by atoms with Crippen LogP contribution < -0.4 is 10.4 Å². The zero-order valence-electron chi connectivity index (χ0n) is 22.3. The van der Waals surface area contributed by atoms with Crippen molar-refractivity contribution in [3.63, 3.8) is 0 Å². The van der Waals surface area contributed by atoms with Crippen LogP contribution in [0.3, 0.4) is 0 Å². The molecule has 0 aliphatic rings. The Hall–Kier alpha value is -1.42. The van der Waals surface area contributed by atoms with Crippen molar-refractivity contribution in [2.75, 3.05) is 6.61 Å². The average Bonchev–Trinajstić information content (AvgIpc) is 2.88. The van der Waals surface area contributed by atoms with E-state index in [-0.39, 0.29) is 6.10 Å². The summed E-state index contributed by atoms with van der Waals surface area (Å²) in [7, 11) is -2.76. The van der Waals surface area contributed by atoms with Gasteiger partial charge in [-0.15, -0.1) is 0 Å². The summed E-state index contributed by atoms with van der Waals surface area (Å²) in [6.07, 6.45) is 18.5. The van der Waals surface area contributed by atoms with E-state index in [0.29, 0.717) is 0 Å². The molecule has 0 spiro atoms. The fraction of sp³-hybridized carbons (Fsp3) is 0.613. The summed E-state index contributed by atoms with van der Waals surface area (Å²) >= 11 is 0. The van der Waals surface area contributed by atoms with Gasteiger partial charge in [0.05, 0.1) is 0 Å². The molecule has 0 radical (unpaired) electrons. The highest BCUT2D eigenvalue weighted by atomic mass is 28.4. The number of hydrogen-bond acceptors (Lipinski definition) is 2. The maximum atomic E-state index is 6.93. The molecular weight excluding hydrogens is 432 g/mol. The first-order valence-electron chi connectivity index (χ1n) is 14.2. The molecule has 0 aliphatic heterocycles. The Kier molecular flexibility index (Phi) is 15.2. The predicted molar refractivity (Wildman–Crippen MR) is 150 cm³/mol. The molecule has 2 rings (SSSR count). The molecule has 2 nitrogen and oxygen atoms in total. The van der Waals surface area contributed by atoms with Gasteiger partial charge in [0.15, 0.2) is 0 Å². The lowest BCUT2D eigenvalue weighted by atomic mass is 10.1. The topological polar surface area (TPSA) is 18.5 Å². The Morgan fingerprint density at radius 2 is 1.03 bits per heavy atom. The summed E-state index contributed by atoms with van der Waals surface area (Å²) in [6, 6.07) is 21.4. The third kappa shape index (κ3) is 10.5. The lowest BCUT2D eigenvalue weighted by Gasteiger charge is -2.34. The molecule has 3 heteroatoms. The van der Waals surface area contributed by atoms with Crippen LogP contribution in [0.5, 0.6) is 0 Å². The van der Waals surface area contributed by atoms with Gasteiger partial charge >= 0.3 is 8.56 Å². The first-order valence-corrected chi connectivity index (χ1v) is 16.0. The Morgan fingerprint density at radius 1 is 0.588 bits per heavy atom. The van der Waals surface area contributed by atoms with E-state index in [1.807, 2.05) is 0 Å². The molecule has 0 saturated carbocycles. The van der Waals surface area contributed by atoms with Crippen molar-refractivity contribution in [2.45, 2.75) is 117 Å². The molecule has 0 aromatic heterocycles. The van der Waals surface area contributed by atoms with Crippen molar-refractivity contribution < 1.29 is 8.85 Å². The van der Waals surface area contributed by atoms with E-state index >= 15 is 0 Å². The second-order valence-electron chi connectivity index (χ2n) is 9.80. The minimum Gasteiger partial charge on any atom is -0.388 e. The van der Waals surface area contributed by atoms with Crippen molar-refractivity contribution in [3.8, 4) is 0 Å². The zero-order chi connectivity index (χ0) is 24.3. The van der Waals surface area contributed by atoms with Gasteiger partial charge in [0.1, 0.15) is 0 Å². The van der Waals surface area contributed by atoms with E-state index in [2.05, 4.69) is 81.4 Å². The van der Waals surface area contributed by atoms with Crippen molar-refractivity contribution in [3.05, 3.63) is 60.7 Å². The first-order chi connectivity index (χ1) is 16.7. The van der Waals surface area contributed by atoms with Crippen molar-refractivity contribution in [1.29, 1.82) is 0 Å². The van der Waals surface area contributed by atoms with Crippen LogP contribution in [0.4, 0.5) is 0 Å². The van der Waals surface area contributed by atoms with Crippen LogP contribution in [0.2, 0.25) is 0 Å². The van der Waals surface area contributed by atoms with E-state index < -0.39 is 8.56 Å². The average molecular weight is 483 g/mol. The van der Waals surface area contributed by atoms with Crippen LogP contribution in [0.1, 0.15) is 111 Å². The van der Waals surface area contributed by atoms with Crippen molar-refractivity contribution in [1.82, 2.24) is 0 Å². The van der Waals surface area contributed by atoms with Crippen LogP contribution >= 0.6 is 0 Å². The van der Waals surface area contributed by atoms with E-state index in [9.17, 15) is 0 Å². The predicted octanol–water partition coefficient (Wildman–Crippen LogP) is 8.17. The zero-order valence-corrected chi connectivity index (χ0v) is 23.3. The molecule has 0 fully saturated rings. The molecule has 2 aromatic rings. The Balaban J connectivity index is 1.92. The fourth-order valence-electron chi connectivity index (χ4n) is 4.63. The number of rotatable bonds is 20. The molecule has 0 N–H and O–H groups in total. The molecule has 1 atom stereocenters. The second kappa shape index (κ2) is 17.9. The van der Waals surface area contributed by atoms with Crippen LogP contribution in [-0.4, -0.2) is 21.3 Å². The fourth-order valence-corrected chi connectivity index (χ4v) is 8.02. The maximum Gasteiger partial charge on any atom is 0.407 e. The quantitative estimate of drug-likeness (QED) is 0.140. The summed E-state index contributed by atoms with van der Waals surface area (Å²) in [6.45, 7) is 7.52. The van der Waals surface area contributed by atoms with Gasteiger partial charge < -0.3 is 8.85 Å². The molecule has 0 heterocycles. The minimum absolute atomic E-state index is 0.185. The van der Waals surface area contributed by atoms with Crippen molar-refractivity contribution >= 4 is 18.9 Å². The van der Waals surface area contributed by atoms with Crippen LogP contribution in [0.15, 0.2) is 60.7 Å². The lowest BCUT2D eigenvalue weighted by molar-refractivity contribution is 0.132. The largest absolute Gasteiger partial charge is 0.407 e. The minimum atomic E-state index is -2.76. The molecule has 0 bridgehead atoms. The van der Waals surface area contributed by atoms with Crippen LogP contribution in [0.25, 0.3) is 0 Å². The smallest absolute Gasteiger partial charge is 0.388 e. The van der Waals surface area contributed by atoms with E-state index in [1.165, 1.54) is 87.4 Å². The van der Waals surface area contributed by atoms with Gasteiger partial charge in [0.25, 0.3) is 0 Å². The van der Waals surface area contributed by atoms with Gasteiger partial charge in [-0.3, -0.25) is 0 Å². The summed E-state index contributed by atoms with van der Waals surface area (Å²) < 4.78 is 13.8. The highest BCUT2D eigenvalue weighted by Crippen LogP contribution is 2.17. The highest BCUT2D eigenvalue weighted by molar-refractivity contribution is 6.92. The third-order valence-electron chi connectivity index (χ3n) is 6.69. The van der Waals surface area contributed by atoms with E-state index in [0.717, 1.165) is 19.4 Å². The number of unbranched alkanes of at least 4 members (excludes halogenated alkanes) is 11. The summed E-state index contributed by atoms with van der Waals surface area (Å²) in [4.78, 5) is 0. The Labute approximate surface area is 211 Å². The molecule has 0 amide bonds. The van der Waals surface area contributed by atoms with Crippen molar-refractivity contribution in [2.24, 2.45) is 0 Å². The van der Waals surface area contributed by atoms with Gasteiger partial charge in [-0.25, -0.2) is 0 Å². The normalized spacial score (nSPS) is 12.7. The molecule has 0 saturated heterocycles. The molecular formula is C31H50O2Si. The number of hydrogen-bond donors (Lipinski definition) is 0. The molecule has 190 valence electrons. The summed E-state index contributed by atoms with van der Waals surface area (Å²) in [5.41, 5.74) is 0. The van der Waals surface area contributed by atoms with Gasteiger partial charge in [-0.05, 0) is 30.1 Å². The maximum absolute atomic E-state index is 6.93. The first kappa shape index (κ1) is 28.8. The van der Waals surface area contributed by atoms with E-state index in [4.69, 9.17) is 8.85 Å². The second-order valence-corrected chi connectivity index (χ2v) is 12.7. The molecule has 1 unspecified atom stereocenters. The number of benzene rings is 2. The Bertz CT molecular complexity index is 679. The van der Waals surface area contributed by atoms with E-state index in [1.54, 1.807) is 0 Å².